The van der Waals surface area contributed by atoms with Gasteiger partial charge in [-0.05, 0) is 43.0 Å². The Bertz CT molecular complexity index is 446. The predicted octanol–water partition coefficient (Wildman–Crippen LogP) is 3.98. The van der Waals surface area contributed by atoms with Crippen LogP contribution in [0.4, 0.5) is 0 Å². The van der Waals surface area contributed by atoms with E-state index >= 15 is 0 Å². The molecule has 92 valence electrons. The van der Waals surface area contributed by atoms with Crippen molar-refractivity contribution in [3.63, 3.8) is 0 Å². The van der Waals surface area contributed by atoms with Gasteiger partial charge in [0.1, 0.15) is 0 Å². The van der Waals surface area contributed by atoms with Crippen LogP contribution in [0.15, 0.2) is 18.2 Å². The van der Waals surface area contributed by atoms with Crippen molar-refractivity contribution in [1.82, 2.24) is 4.90 Å². The molecule has 1 nitrogen and oxygen atoms in total. The highest BCUT2D eigenvalue weighted by Crippen LogP contribution is 2.59. The summed E-state index contributed by atoms with van der Waals surface area (Å²) in [7, 11) is 0. The first-order chi connectivity index (χ1) is 8.15. The number of nitrogens with zero attached hydrogens (tertiary/aromatic N) is 1. The highest BCUT2D eigenvalue weighted by molar-refractivity contribution is 6.42. The number of benzene rings is 1. The molecule has 0 N–H and O–H groups in total. The Morgan fingerprint density at radius 3 is 2.88 bits per heavy atom. The summed E-state index contributed by atoms with van der Waals surface area (Å²) < 4.78 is 0. The Morgan fingerprint density at radius 2 is 2.18 bits per heavy atom. The summed E-state index contributed by atoms with van der Waals surface area (Å²) in [5.41, 5.74) is 1.78. The highest BCUT2D eigenvalue weighted by atomic mass is 35.5. The molecule has 0 radical (unpaired) electrons. The second-order valence-electron chi connectivity index (χ2n) is 5.42. The van der Waals surface area contributed by atoms with Crippen LogP contribution in [-0.4, -0.2) is 24.5 Å². The van der Waals surface area contributed by atoms with Crippen LogP contribution >= 0.6 is 23.2 Å². The first-order valence-electron chi connectivity index (χ1n) is 6.33. The van der Waals surface area contributed by atoms with Gasteiger partial charge in [-0.1, -0.05) is 36.2 Å². The summed E-state index contributed by atoms with van der Waals surface area (Å²) in [6, 6.07) is 6.16. The van der Waals surface area contributed by atoms with Gasteiger partial charge >= 0.3 is 0 Å². The van der Waals surface area contributed by atoms with Crippen molar-refractivity contribution in [1.29, 1.82) is 0 Å². The maximum Gasteiger partial charge on any atom is 0.0595 e. The molecule has 0 amide bonds. The lowest BCUT2D eigenvalue weighted by Gasteiger charge is -2.20. The van der Waals surface area contributed by atoms with E-state index in [9.17, 15) is 0 Å². The zero-order chi connectivity index (χ0) is 12.0. The van der Waals surface area contributed by atoms with Crippen molar-refractivity contribution in [3.8, 4) is 0 Å². The minimum Gasteiger partial charge on any atom is -0.302 e. The van der Waals surface area contributed by atoms with Gasteiger partial charge in [0.2, 0.25) is 0 Å². The fraction of sp³-hybridized carbons (Fsp3) is 0.571. The molecule has 2 atom stereocenters. The summed E-state index contributed by atoms with van der Waals surface area (Å²) in [5.74, 6) is 0.839. The second-order valence-corrected chi connectivity index (χ2v) is 6.24. The summed E-state index contributed by atoms with van der Waals surface area (Å²) in [4.78, 5) is 2.58. The van der Waals surface area contributed by atoms with Gasteiger partial charge in [0.15, 0.2) is 0 Å². The van der Waals surface area contributed by atoms with Gasteiger partial charge in [0.25, 0.3) is 0 Å². The van der Waals surface area contributed by atoms with Crippen molar-refractivity contribution < 1.29 is 0 Å². The third-order valence-electron chi connectivity index (χ3n) is 4.25. The highest BCUT2D eigenvalue weighted by Gasteiger charge is 2.60. The molecule has 2 fully saturated rings. The Kier molecular flexibility index (Phi) is 2.89. The number of piperidine rings is 1. The summed E-state index contributed by atoms with van der Waals surface area (Å²) in [5, 5.41) is 1.35. The Balaban J connectivity index is 1.83. The van der Waals surface area contributed by atoms with Crippen LogP contribution < -0.4 is 0 Å². The van der Waals surface area contributed by atoms with E-state index in [1.165, 1.54) is 38.0 Å². The number of hydrogen-bond acceptors (Lipinski definition) is 1. The Hall–Kier alpha value is -0.240. The van der Waals surface area contributed by atoms with Gasteiger partial charge in [0.05, 0.1) is 10.0 Å². The Morgan fingerprint density at radius 1 is 1.35 bits per heavy atom. The predicted molar refractivity (Wildman–Crippen MR) is 73.0 cm³/mol. The van der Waals surface area contributed by atoms with Gasteiger partial charge < -0.3 is 4.90 Å². The molecule has 1 aromatic carbocycles. The van der Waals surface area contributed by atoms with Crippen molar-refractivity contribution in [2.45, 2.75) is 25.2 Å². The van der Waals surface area contributed by atoms with Gasteiger partial charge in [-0.2, -0.15) is 0 Å². The maximum atomic E-state index is 6.12. The van der Waals surface area contributed by atoms with Crippen molar-refractivity contribution in [2.75, 3.05) is 19.6 Å². The van der Waals surface area contributed by atoms with Gasteiger partial charge in [0, 0.05) is 18.5 Å². The molecule has 3 heteroatoms. The molecular weight excluding hydrogens is 253 g/mol. The van der Waals surface area contributed by atoms with Crippen molar-refractivity contribution in [2.24, 2.45) is 5.92 Å². The standard InChI is InChI=1S/C14H17Cl2N/c1-2-5-17-8-11-7-14(11,9-17)10-3-4-12(15)13(16)6-10/h3-4,6,11H,2,5,7-9H2,1H3/t11-,14+/m0/s1. The van der Waals surface area contributed by atoms with Crippen molar-refractivity contribution in [3.05, 3.63) is 33.8 Å². The number of hydrogen-bond donors (Lipinski definition) is 0. The van der Waals surface area contributed by atoms with E-state index in [4.69, 9.17) is 23.2 Å². The Labute approximate surface area is 113 Å². The molecular formula is C14H17Cl2N. The largest absolute Gasteiger partial charge is 0.302 e. The number of likely N-dealkylation sites (tertiary alicyclic amines) is 1. The zero-order valence-electron chi connectivity index (χ0n) is 10.0. The van der Waals surface area contributed by atoms with Crippen LogP contribution in [0, 0.1) is 5.92 Å². The molecule has 17 heavy (non-hydrogen) atoms. The van der Waals surface area contributed by atoms with Crippen LogP contribution in [0.2, 0.25) is 10.0 Å². The third-order valence-corrected chi connectivity index (χ3v) is 4.99. The molecule has 1 heterocycles. The van der Waals surface area contributed by atoms with Crippen LogP contribution in [-0.2, 0) is 5.41 Å². The van der Waals surface area contributed by atoms with E-state index in [0.29, 0.717) is 15.5 Å². The fourth-order valence-corrected chi connectivity index (χ4v) is 3.62. The van der Waals surface area contributed by atoms with E-state index in [1.807, 2.05) is 6.07 Å². The SMILES string of the molecule is CCCN1C[C@@H]2C[C@]2(c2ccc(Cl)c(Cl)c2)C1. The van der Waals surface area contributed by atoms with E-state index in [2.05, 4.69) is 24.0 Å². The molecule has 0 aromatic heterocycles. The van der Waals surface area contributed by atoms with Crippen LogP contribution in [0.5, 0.6) is 0 Å². The van der Waals surface area contributed by atoms with E-state index in [0.717, 1.165) is 5.92 Å². The van der Waals surface area contributed by atoms with E-state index in [1.54, 1.807) is 0 Å². The first-order valence-corrected chi connectivity index (χ1v) is 7.09. The van der Waals surface area contributed by atoms with E-state index in [-0.39, 0.29) is 0 Å². The molecule has 1 aromatic rings. The number of fused-ring (bicyclic) bond motifs is 1. The quantitative estimate of drug-likeness (QED) is 0.803. The number of rotatable bonds is 3. The summed E-state index contributed by atoms with van der Waals surface area (Å²) in [6.07, 6.45) is 2.56. The topological polar surface area (TPSA) is 3.24 Å². The smallest absolute Gasteiger partial charge is 0.0595 e. The molecule has 2 aliphatic rings. The lowest BCUT2D eigenvalue weighted by atomic mass is 9.95. The average molecular weight is 270 g/mol. The van der Waals surface area contributed by atoms with Gasteiger partial charge in [-0.3, -0.25) is 0 Å². The van der Waals surface area contributed by atoms with Crippen molar-refractivity contribution >= 4 is 23.2 Å². The van der Waals surface area contributed by atoms with Crippen LogP contribution in [0.25, 0.3) is 0 Å². The monoisotopic (exact) mass is 269 g/mol. The van der Waals surface area contributed by atoms with Crippen LogP contribution in [0.3, 0.4) is 0 Å². The second kappa shape index (κ2) is 4.15. The number of halogens is 2. The molecule has 1 saturated carbocycles. The molecule has 3 rings (SSSR count). The molecule has 0 bridgehead atoms. The lowest BCUT2D eigenvalue weighted by Crippen LogP contribution is -2.27. The molecule has 1 aliphatic heterocycles. The normalized spacial score (nSPS) is 31.6. The molecule has 0 spiro atoms. The molecule has 1 saturated heterocycles. The fourth-order valence-electron chi connectivity index (χ4n) is 3.33. The zero-order valence-corrected chi connectivity index (χ0v) is 11.6. The van der Waals surface area contributed by atoms with E-state index < -0.39 is 0 Å². The molecule has 1 aliphatic carbocycles. The minimum absolute atomic E-state index is 0.392. The summed E-state index contributed by atoms with van der Waals surface area (Å²) in [6.45, 7) is 5.92. The molecule has 0 unspecified atom stereocenters. The summed E-state index contributed by atoms with van der Waals surface area (Å²) >= 11 is 12.1. The third kappa shape index (κ3) is 1.89. The van der Waals surface area contributed by atoms with Crippen LogP contribution in [0.1, 0.15) is 25.3 Å². The van der Waals surface area contributed by atoms with Gasteiger partial charge in [-0.15, -0.1) is 0 Å². The maximum absolute atomic E-state index is 6.12. The lowest BCUT2D eigenvalue weighted by molar-refractivity contribution is 0.299. The average Bonchev–Trinajstić information content (AvgIpc) is 2.87. The minimum atomic E-state index is 0.392. The first kappa shape index (κ1) is 11.8. The van der Waals surface area contributed by atoms with Gasteiger partial charge in [-0.25, -0.2) is 0 Å².